The van der Waals surface area contributed by atoms with E-state index in [0.717, 1.165) is 16.8 Å². The number of allylic oxidation sites excluding steroid dienone is 1. The Morgan fingerprint density at radius 3 is 2.55 bits per heavy atom. The minimum absolute atomic E-state index is 0. The molecule has 0 bridgehead atoms. The van der Waals surface area contributed by atoms with Gasteiger partial charge in [0, 0.05) is 5.70 Å². The summed E-state index contributed by atoms with van der Waals surface area (Å²) >= 11 is 0. The monoisotopic (exact) mass is 433 g/mol. The number of nitrogens with zero attached hydrogens (tertiary/aromatic N) is 3. The predicted octanol–water partition coefficient (Wildman–Crippen LogP) is 4.91. The molecule has 8 heteroatoms. The van der Waals surface area contributed by atoms with Crippen LogP contribution in [0.3, 0.4) is 0 Å². The summed E-state index contributed by atoms with van der Waals surface area (Å²) in [6.07, 6.45) is 3.56. The maximum Gasteiger partial charge on any atom is 0.293 e. The van der Waals surface area contributed by atoms with E-state index in [0.29, 0.717) is 5.95 Å². The first kappa shape index (κ1) is 20.4. The molecule has 0 radical (unpaired) electrons. The van der Waals surface area contributed by atoms with Crippen LogP contribution in [0.4, 0.5) is 11.9 Å². The van der Waals surface area contributed by atoms with Gasteiger partial charge in [-0.1, -0.05) is 60.2 Å². The maximum absolute atomic E-state index is 12.3. The number of nitrogens with one attached hydrogen (secondary N) is 2. The molecule has 2 N–H and O–H groups in total. The van der Waals surface area contributed by atoms with E-state index in [1.807, 2.05) is 30.3 Å². The fourth-order valence-electron chi connectivity index (χ4n) is 3.41. The number of carbonyl (C=O) groups is 1. The van der Waals surface area contributed by atoms with Crippen molar-refractivity contribution in [2.45, 2.75) is 13.0 Å². The molecule has 0 spiro atoms. The van der Waals surface area contributed by atoms with Crippen LogP contribution in [-0.4, -0.2) is 20.7 Å². The van der Waals surface area contributed by atoms with Crippen molar-refractivity contribution in [2.75, 3.05) is 10.6 Å². The average Bonchev–Trinajstić information content (AvgIpc) is 3.44. The minimum atomic E-state index is -0.397. The van der Waals surface area contributed by atoms with Crippen LogP contribution in [-0.2, 0) is 0 Å². The fourth-order valence-corrected chi connectivity index (χ4v) is 3.41. The molecule has 1 amide bonds. The van der Waals surface area contributed by atoms with Gasteiger partial charge in [0.2, 0.25) is 5.95 Å². The third-order valence-electron chi connectivity index (χ3n) is 4.94. The molecular weight excluding hydrogens is 414 g/mol. The van der Waals surface area contributed by atoms with Crippen LogP contribution >= 0.6 is 12.4 Å². The average molecular weight is 434 g/mol. The van der Waals surface area contributed by atoms with Crippen LogP contribution < -0.4 is 10.6 Å². The Balaban J connectivity index is 0.00000231. The zero-order chi connectivity index (χ0) is 20.5. The Labute approximate surface area is 185 Å². The van der Waals surface area contributed by atoms with Gasteiger partial charge >= 0.3 is 0 Å². The van der Waals surface area contributed by atoms with Gasteiger partial charge in [0.15, 0.2) is 5.76 Å². The highest BCUT2D eigenvalue weighted by atomic mass is 35.5. The summed E-state index contributed by atoms with van der Waals surface area (Å²) < 4.78 is 6.91. The Morgan fingerprint density at radius 1 is 1.06 bits per heavy atom. The van der Waals surface area contributed by atoms with Crippen molar-refractivity contribution in [1.29, 1.82) is 0 Å². The van der Waals surface area contributed by atoms with Gasteiger partial charge in [0.25, 0.3) is 11.9 Å². The predicted molar refractivity (Wildman–Crippen MR) is 121 cm³/mol. The number of benzene rings is 2. The van der Waals surface area contributed by atoms with Gasteiger partial charge in [-0.3, -0.25) is 10.1 Å². The van der Waals surface area contributed by atoms with Crippen LogP contribution in [0.15, 0.2) is 83.5 Å². The normalized spacial score (nSPS) is 14.6. The van der Waals surface area contributed by atoms with E-state index in [1.165, 1.54) is 11.8 Å². The Hall–Kier alpha value is -3.84. The van der Waals surface area contributed by atoms with Crippen molar-refractivity contribution >= 4 is 35.9 Å². The van der Waals surface area contributed by atoms with Crippen molar-refractivity contribution in [3.05, 3.63) is 102 Å². The lowest BCUT2D eigenvalue weighted by Crippen LogP contribution is -2.20. The number of aryl methyl sites for hydroxylation is 1. The third kappa shape index (κ3) is 4.08. The van der Waals surface area contributed by atoms with Crippen LogP contribution in [0.1, 0.15) is 33.3 Å². The van der Waals surface area contributed by atoms with Crippen LogP contribution in [0.2, 0.25) is 0 Å². The van der Waals surface area contributed by atoms with Gasteiger partial charge < -0.3 is 9.73 Å². The second-order valence-electron chi connectivity index (χ2n) is 7.06. The molecule has 1 aliphatic rings. The Bertz CT molecular complexity index is 1210. The summed E-state index contributed by atoms with van der Waals surface area (Å²) in [7, 11) is 0. The highest BCUT2D eigenvalue weighted by Gasteiger charge is 2.26. The Kier molecular flexibility index (Phi) is 5.60. The van der Waals surface area contributed by atoms with E-state index in [4.69, 9.17) is 4.42 Å². The quantitative estimate of drug-likeness (QED) is 0.477. The molecule has 4 aromatic rings. The molecule has 7 nitrogen and oxygen atoms in total. The summed E-state index contributed by atoms with van der Waals surface area (Å²) in [6.45, 7) is 2.06. The molecule has 0 aliphatic carbocycles. The molecule has 2 aromatic heterocycles. The first-order chi connectivity index (χ1) is 14.7. The van der Waals surface area contributed by atoms with Crippen molar-refractivity contribution in [3.8, 4) is 0 Å². The third-order valence-corrected chi connectivity index (χ3v) is 4.94. The lowest BCUT2D eigenvalue weighted by atomic mass is 10.0. The molecule has 1 aliphatic heterocycles. The first-order valence-electron chi connectivity index (χ1n) is 9.59. The largest absolute Gasteiger partial charge is 0.459 e. The summed E-state index contributed by atoms with van der Waals surface area (Å²) in [5, 5.41) is 10.6. The van der Waals surface area contributed by atoms with E-state index in [-0.39, 0.29) is 30.2 Å². The van der Waals surface area contributed by atoms with E-state index in [2.05, 4.69) is 58.0 Å². The molecule has 1 unspecified atom stereocenters. The maximum atomic E-state index is 12.3. The van der Waals surface area contributed by atoms with E-state index < -0.39 is 5.91 Å². The van der Waals surface area contributed by atoms with E-state index in [9.17, 15) is 4.79 Å². The summed E-state index contributed by atoms with van der Waals surface area (Å²) in [5.74, 6) is 0.565. The molecule has 3 heterocycles. The van der Waals surface area contributed by atoms with Gasteiger partial charge in [0.1, 0.15) is 6.04 Å². The van der Waals surface area contributed by atoms with E-state index in [1.54, 1.807) is 16.8 Å². The molecule has 5 rings (SSSR count). The zero-order valence-corrected chi connectivity index (χ0v) is 17.5. The number of hydrogen-bond donors (Lipinski definition) is 2. The molecule has 0 fully saturated rings. The number of furan rings is 1. The SMILES string of the molecule is Cc1ccc(C2=CC(c3ccccc3)n3nc(NC(=O)c4ccco4)nc3N2)cc1.Cl. The number of hydrogen-bond acceptors (Lipinski definition) is 5. The van der Waals surface area contributed by atoms with Crippen LogP contribution in [0, 0.1) is 6.92 Å². The summed E-state index contributed by atoms with van der Waals surface area (Å²) in [5.41, 5.74) is 4.25. The second-order valence-corrected chi connectivity index (χ2v) is 7.06. The number of rotatable bonds is 4. The number of amides is 1. The number of anilines is 2. The molecule has 2 aromatic carbocycles. The standard InChI is InChI=1S/C23H19N5O2.ClH/c1-15-9-11-16(12-10-15)18-14-19(17-6-3-2-4-7-17)28-23(24-18)26-22(27-28)25-21(29)20-8-5-13-30-20;/h2-14,19H,1H3,(H2,24,25,26,27,29);1H. The van der Waals surface area contributed by atoms with Crippen molar-refractivity contribution in [2.24, 2.45) is 0 Å². The highest BCUT2D eigenvalue weighted by Crippen LogP contribution is 2.33. The molecule has 0 saturated carbocycles. The van der Waals surface area contributed by atoms with Gasteiger partial charge in [0.05, 0.1) is 6.26 Å². The number of halogens is 1. The van der Waals surface area contributed by atoms with Gasteiger partial charge in [-0.25, -0.2) is 4.68 Å². The molecule has 156 valence electrons. The first-order valence-corrected chi connectivity index (χ1v) is 9.59. The van der Waals surface area contributed by atoms with Crippen LogP contribution in [0.25, 0.3) is 5.70 Å². The number of aromatic nitrogens is 3. The number of fused-ring (bicyclic) bond motifs is 1. The van der Waals surface area contributed by atoms with Crippen LogP contribution in [0.5, 0.6) is 0 Å². The second kappa shape index (κ2) is 8.49. The van der Waals surface area contributed by atoms with Crippen molar-refractivity contribution < 1.29 is 9.21 Å². The summed E-state index contributed by atoms with van der Waals surface area (Å²) in [4.78, 5) is 16.8. The smallest absolute Gasteiger partial charge is 0.293 e. The highest BCUT2D eigenvalue weighted by molar-refractivity contribution is 6.01. The molecule has 31 heavy (non-hydrogen) atoms. The van der Waals surface area contributed by atoms with Gasteiger partial charge in [-0.2, -0.15) is 4.98 Å². The lowest BCUT2D eigenvalue weighted by molar-refractivity contribution is 0.0996. The Morgan fingerprint density at radius 2 is 1.84 bits per heavy atom. The molecule has 0 saturated heterocycles. The van der Waals surface area contributed by atoms with Gasteiger partial charge in [-0.15, -0.1) is 17.5 Å². The van der Waals surface area contributed by atoms with Gasteiger partial charge in [-0.05, 0) is 36.3 Å². The topological polar surface area (TPSA) is 85.0 Å². The van der Waals surface area contributed by atoms with Crippen molar-refractivity contribution in [1.82, 2.24) is 14.8 Å². The minimum Gasteiger partial charge on any atom is -0.459 e. The molecular formula is C23H20ClN5O2. The zero-order valence-electron chi connectivity index (χ0n) is 16.6. The molecule has 1 atom stereocenters. The van der Waals surface area contributed by atoms with Crippen molar-refractivity contribution in [3.63, 3.8) is 0 Å². The lowest BCUT2D eigenvalue weighted by Gasteiger charge is -2.24. The number of carbonyl (C=O) groups excluding carboxylic acids is 1. The fraction of sp³-hybridized carbons (Fsp3) is 0.0870. The van der Waals surface area contributed by atoms with E-state index >= 15 is 0 Å². The summed E-state index contributed by atoms with van der Waals surface area (Å²) in [6, 6.07) is 21.4.